The Balaban J connectivity index is 2.05. The van der Waals surface area contributed by atoms with Gasteiger partial charge in [-0.2, -0.15) is 0 Å². The van der Waals surface area contributed by atoms with Crippen LogP contribution in [0.4, 0.5) is 5.69 Å². The molecule has 6 N–H and O–H groups in total. The maximum atomic E-state index is 12.4. The molecule has 0 spiro atoms. The minimum Gasteiger partial charge on any atom is -0.493 e. The van der Waals surface area contributed by atoms with Crippen LogP contribution in [-0.2, 0) is 14.8 Å². The van der Waals surface area contributed by atoms with Crippen molar-refractivity contribution in [3.8, 4) is 11.5 Å². The lowest BCUT2D eigenvalue weighted by Crippen LogP contribution is -2.46. The quantitative estimate of drug-likeness (QED) is 0.337. The van der Waals surface area contributed by atoms with Crippen LogP contribution in [0.3, 0.4) is 0 Å². The summed E-state index contributed by atoms with van der Waals surface area (Å²) in [5, 5.41) is 8.08. The Kier molecular flexibility index (Phi) is 6.37. The molecule has 2 rings (SSSR count). The van der Waals surface area contributed by atoms with Gasteiger partial charge in [0.2, 0.25) is 15.9 Å². The third kappa shape index (κ3) is 5.19. The summed E-state index contributed by atoms with van der Waals surface area (Å²) >= 11 is 0. The van der Waals surface area contributed by atoms with E-state index in [4.69, 9.17) is 20.6 Å². The van der Waals surface area contributed by atoms with Crippen molar-refractivity contribution in [2.45, 2.75) is 4.90 Å². The number of carbonyl (C=O) groups is 1. The Morgan fingerprint density at radius 2 is 1.81 bits per heavy atom. The molecule has 0 aliphatic rings. The average Bonchev–Trinajstić information content (AvgIpc) is 2.66. The highest BCUT2D eigenvalue weighted by molar-refractivity contribution is 7.89. The molecule has 0 aliphatic heterocycles. The number of nitrogens with two attached hydrogens (primary N) is 2. The molecule has 144 valence electrons. The van der Waals surface area contributed by atoms with E-state index in [-0.39, 0.29) is 16.5 Å². The second-order valence-electron chi connectivity index (χ2n) is 5.43. The molecule has 27 heavy (non-hydrogen) atoms. The summed E-state index contributed by atoms with van der Waals surface area (Å²) in [7, 11) is -1.08. The number of sulfonamides is 1. The number of amides is 1. The normalized spacial score (nSPS) is 10.9. The highest BCUT2D eigenvalue weighted by atomic mass is 32.2. The van der Waals surface area contributed by atoms with Crippen LogP contribution >= 0.6 is 0 Å². The van der Waals surface area contributed by atoms with Crippen LogP contribution < -0.4 is 30.7 Å². The Hall–Kier alpha value is -3.11. The third-order valence-corrected chi connectivity index (χ3v) is 4.97. The first kappa shape index (κ1) is 20.2. The largest absolute Gasteiger partial charge is 0.493 e. The summed E-state index contributed by atoms with van der Waals surface area (Å²) in [6, 6.07) is 10.7. The number of methoxy groups -OCH3 is 2. The standard InChI is InChI=1S/C17H20N4O5S/c1-25-14-7-6-13(9-15(14)26-2)27(23,24)20-10-16(22)21-12-5-3-4-11(8-12)17(18)19/h3-9,20H,10H2,1-2H3,(H3,18,19)(H,21,22)/p+1. The molecule has 0 fully saturated rings. The Bertz CT molecular complexity index is 960. The average molecular weight is 393 g/mol. The highest BCUT2D eigenvalue weighted by Crippen LogP contribution is 2.29. The fourth-order valence-corrected chi connectivity index (χ4v) is 3.21. The van der Waals surface area contributed by atoms with E-state index in [1.807, 2.05) is 0 Å². The van der Waals surface area contributed by atoms with Crippen molar-refractivity contribution in [2.75, 3.05) is 26.1 Å². The molecule has 9 nitrogen and oxygen atoms in total. The van der Waals surface area contributed by atoms with Crippen LogP contribution in [0, 0.1) is 0 Å². The molecule has 0 atom stereocenters. The minimum absolute atomic E-state index is 0.0551. The zero-order valence-electron chi connectivity index (χ0n) is 14.9. The lowest BCUT2D eigenvalue weighted by molar-refractivity contribution is -0.115. The van der Waals surface area contributed by atoms with Crippen molar-refractivity contribution >= 4 is 27.5 Å². The minimum atomic E-state index is -3.92. The van der Waals surface area contributed by atoms with Crippen LogP contribution in [0.25, 0.3) is 0 Å². The van der Waals surface area contributed by atoms with Crippen molar-refractivity contribution < 1.29 is 28.1 Å². The van der Waals surface area contributed by atoms with Gasteiger partial charge in [-0.15, -0.1) is 0 Å². The summed E-state index contributed by atoms with van der Waals surface area (Å²) in [6.07, 6.45) is 0. The van der Waals surface area contributed by atoms with Crippen LogP contribution in [0.2, 0.25) is 0 Å². The number of rotatable bonds is 8. The Morgan fingerprint density at radius 3 is 2.44 bits per heavy atom. The van der Waals surface area contributed by atoms with Crippen molar-refractivity contribution in [3.63, 3.8) is 0 Å². The molecule has 2 aromatic rings. The van der Waals surface area contributed by atoms with E-state index in [0.717, 1.165) is 0 Å². The third-order valence-electron chi connectivity index (χ3n) is 3.57. The molecule has 0 aliphatic carbocycles. The van der Waals surface area contributed by atoms with Gasteiger partial charge in [0.1, 0.15) is 0 Å². The molecule has 0 saturated carbocycles. The molecule has 0 aromatic heterocycles. The Morgan fingerprint density at radius 1 is 1.11 bits per heavy atom. The van der Waals surface area contributed by atoms with E-state index in [1.54, 1.807) is 24.3 Å². The summed E-state index contributed by atoms with van der Waals surface area (Å²) in [5.74, 6) is 0.217. The molecular weight excluding hydrogens is 372 g/mol. The fraction of sp³-hybridized carbons (Fsp3) is 0.176. The molecule has 0 radical (unpaired) electrons. The fourth-order valence-electron chi connectivity index (χ4n) is 2.21. The summed E-state index contributed by atoms with van der Waals surface area (Å²) in [5.41, 5.74) is 6.50. The number of benzene rings is 2. The molecule has 0 saturated heterocycles. The predicted octanol–water partition coefficient (Wildman–Crippen LogP) is -0.915. The molecule has 0 unspecified atom stereocenters. The Labute approximate surface area is 157 Å². The van der Waals surface area contributed by atoms with Crippen LogP contribution in [0.15, 0.2) is 47.4 Å². The SMILES string of the molecule is COc1ccc(S(=O)(=O)NCC(=O)Nc2cccc(C(N)=[NH2+])c2)cc1OC. The van der Waals surface area contributed by atoms with E-state index in [1.165, 1.54) is 32.4 Å². The molecule has 2 aromatic carbocycles. The van der Waals surface area contributed by atoms with Gasteiger partial charge in [-0.05, 0) is 30.3 Å². The zero-order chi connectivity index (χ0) is 20.0. The van der Waals surface area contributed by atoms with E-state index in [2.05, 4.69) is 10.0 Å². The maximum absolute atomic E-state index is 12.4. The van der Waals surface area contributed by atoms with Gasteiger partial charge in [-0.1, -0.05) is 6.07 Å². The van der Waals surface area contributed by atoms with E-state index in [0.29, 0.717) is 17.0 Å². The first-order chi connectivity index (χ1) is 12.8. The molecule has 1 amide bonds. The first-order valence-corrected chi connectivity index (χ1v) is 9.25. The van der Waals surface area contributed by atoms with Gasteiger partial charge in [0.05, 0.1) is 31.2 Å². The summed E-state index contributed by atoms with van der Waals surface area (Å²) in [6.45, 7) is -0.456. The van der Waals surface area contributed by atoms with Gasteiger partial charge in [-0.3, -0.25) is 15.9 Å². The number of ether oxygens (including phenoxy) is 2. The van der Waals surface area contributed by atoms with Gasteiger partial charge in [0, 0.05) is 11.8 Å². The van der Waals surface area contributed by atoms with Crippen molar-refractivity contribution in [3.05, 3.63) is 48.0 Å². The monoisotopic (exact) mass is 393 g/mol. The topological polar surface area (TPSA) is 145 Å². The number of carbonyl (C=O) groups excluding carboxylic acids is 1. The van der Waals surface area contributed by atoms with Gasteiger partial charge >= 0.3 is 0 Å². The molecule has 0 bridgehead atoms. The van der Waals surface area contributed by atoms with Crippen LogP contribution in [-0.4, -0.2) is 40.9 Å². The number of nitrogens with one attached hydrogen (secondary N) is 2. The number of hydrogen-bond acceptors (Lipinski definition) is 5. The second-order valence-corrected chi connectivity index (χ2v) is 7.19. The number of amidine groups is 1. The first-order valence-electron chi connectivity index (χ1n) is 7.76. The van der Waals surface area contributed by atoms with Crippen LogP contribution in [0.5, 0.6) is 11.5 Å². The van der Waals surface area contributed by atoms with Gasteiger partial charge < -0.3 is 14.8 Å². The maximum Gasteiger partial charge on any atom is 0.270 e. The van der Waals surface area contributed by atoms with Gasteiger partial charge in [0.25, 0.3) is 5.84 Å². The lowest BCUT2D eigenvalue weighted by atomic mass is 10.2. The number of hydrogen-bond donors (Lipinski definition) is 4. The molecule has 10 heteroatoms. The highest BCUT2D eigenvalue weighted by Gasteiger charge is 2.18. The zero-order valence-corrected chi connectivity index (χ0v) is 15.7. The van der Waals surface area contributed by atoms with Crippen molar-refractivity contribution in [2.24, 2.45) is 5.73 Å². The van der Waals surface area contributed by atoms with Gasteiger partial charge in [0.15, 0.2) is 11.5 Å². The molecule has 0 heterocycles. The second kappa shape index (κ2) is 8.52. The lowest BCUT2D eigenvalue weighted by Gasteiger charge is -2.11. The van der Waals surface area contributed by atoms with E-state index < -0.39 is 22.5 Å². The van der Waals surface area contributed by atoms with Gasteiger partial charge in [-0.25, -0.2) is 13.1 Å². The summed E-state index contributed by atoms with van der Waals surface area (Å²) in [4.78, 5) is 12.0. The van der Waals surface area contributed by atoms with Crippen molar-refractivity contribution in [1.29, 1.82) is 0 Å². The predicted molar refractivity (Wildman–Crippen MR) is 100 cm³/mol. The summed E-state index contributed by atoms with van der Waals surface area (Å²) < 4.78 is 37.1. The van der Waals surface area contributed by atoms with Crippen molar-refractivity contribution in [1.82, 2.24) is 4.72 Å². The van der Waals surface area contributed by atoms with E-state index >= 15 is 0 Å². The van der Waals surface area contributed by atoms with Crippen LogP contribution in [0.1, 0.15) is 5.56 Å². The molecular formula is C17H21N4O5S+. The number of anilines is 1. The van der Waals surface area contributed by atoms with E-state index in [9.17, 15) is 13.2 Å². The smallest absolute Gasteiger partial charge is 0.270 e.